The van der Waals surface area contributed by atoms with Gasteiger partial charge in [0.05, 0.1) is 89.3 Å². The zero-order valence-electron chi connectivity index (χ0n) is 78.3. The minimum Gasteiger partial charge on any atom is -0.309 e. The molecule has 0 saturated carbocycles. The number of thiophene rings is 3. The molecule has 146 heavy (non-hydrogen) atoms. The standard InChI is InChI=1S/C52H31N5S.C40H25N3S.C39H24N4S/c1-8-21-42-33(14-1)34-15-2-9-22-43(34)56(42)50-31-40(53-52(54-50)57-44-23-10-3-16-35(44)36-17-4-11-24-45(36)57)32-28-29-46-39(30-32)37-18-5-7-20-41(37)55(46)47-25-13-27-49-51(47)38-19-6-12-26-48(38)58-49;1-3-12-26(13-4-1)32-25-33(42-40(41-32)27-14-5-2-6-15-27)28-22-23-35-31(24-28)29-16-7-9-18-34(29)43(35)36-19-11-21-38-39(36)30-17-8-10-20-37(30)44-38;1-3-12-25(13-4-1)37-40-38(26-14-5-2-6-15-26)42-39(41-37)27-22-23-32-30(24-27)28-16-7-9-18-31(28)43(32)33-19-11-21-35-36(33)29-17-8-10-20-34(29)44-35/h1-31H;1-25H;1-24H. The Balaban J connectivity index is 0.000000105. The summed E-state index contributed by atoms with van der Waals surface area (Å²) < 4.78 is 19.6. The van der Waals surface area contributed by atoms with E-state index in [9.17, 15) is 0 Å². The number of hydrogen-bond donors (Lipinski definition) is 0. The second kappa shape index (κ2) is 34.6. The maximum Gasteiger partial charge on any atom is 0.237 e. The minimum atomic E-state index is 0.630. The number of nitrogens with zero attached hydrogens (tertiary/aromatic N) is 12. The van der Waals surface area contributed by atoms with E-state index < -0.39 is 0 Å². The second-order valence-corrected chi connectivity index (χ2v) is 40.1. The molecule has 0 bridgehead atoms. The van der Waals surface area contributed by atoms with E-state index >= 15 is 0 Å². The summed E-state index contributed by atoms with van der Waals surface area (Å²) in [5, 5.41) is 19.7. The number of benzene rings is 20. The lowest BCUT2D eigenvalue weighted by Crippen LogP contribution is -2.07. The van der Waals surface area contributed by atoms with Crippen molar-refractivity contribution in [3.05, 3.63) is 485 Å². The number of para-hydroxylation sites is 7. The summed E-state index contributed by atoms with van der Waals surface area (Å²) in [6.07, 6.45) is 0. The molecule has 0 aliphatic rings. The van der Waals surface area contributed by atoms with Crippen LogP contribution in [-0.2, 0) is 0 Å². The van der Waals surface area contributed by atoms with Gasteiger partial charge in [-0.05, 0) is 146 Å². The fourth-order valence-electron chi connectivity index (χ4n) is 22.1. The van der Waals surface area contributed by atoms with E-state index in [-0.39, 0.29) is 0 Å². The van der Waals surface area contributed by atoms with Crippen LogP contribution >= 0.6 is 34.0 Å². The van der Waals surface area contributed by atoms with Gasteiger partial charge in [0.1, 0.15) is 5.82 Å². The normalized spacial score (nSPS) is 11.8. The van der Waals surface area contributed by atoms with Crippen molar-refractivity contribution in [1.29, 1.82) is 0 Å². The molecule has 0 radical (unpaired) electrons. The summed E-state index contributed by atoms with van der Waals surface area (Å²) in [4.78, 5) is 35.9. The highest BCUT2D eigenvalue weighted by Crippen LogP contribution is 2.49. The topological polar surface area (TPSA) is 115 Å². The van der Waals surface area contributed by atoms with Crippen LogP contribution in [0, 0.1) is 0 Å². The largest absolute Gasteiger partial charge is 0.309 e. The summed E-state index contributed by atoms with van der Waals surface area (Å²) in [5.41, 5.74) is 24.7. The molecule has 11 heterocycles. The molecule has 0 aliphatic carbocycles. The smallest absolute Gasteiger partial charge is 0.237 e. The first kappa shape index (κ1) is 84.1. The molecule has 0 N–H and O–H groups in total. The Kier molecular flexibility index (Phi) is 19.9. The molecule has 31 rings (SSSR count). The highest BCUT2D eigenvalue weighted by Gasteiger charge is 2.27. The predicted molar refractivity (Wildman–Crippen MR) is 612 cm³/mol. The number of hydrogen-bond acceptors (Lipinski definition) is 10. The van der Waals surface area contributed by atoms with Crippen LogP contribution in [0.5, 0.6) is 0 Å². The van der Waals surface area contributed by atoms with Crippen molar-refractivity contribution in [3.8, 4) is 108 Å². The molecule has 31 aromatic rings. The van der Waals surface area contributed by atoms with Gasteiger partial charge in [0, 0.05) is 159 Å². The Hall–Kier alpha value is -18.8. The first-order valence-electron chi connectivity index (χ1n) is 49.0. The molecular weight excluding hydrogens is 1840 g/mol. The van der Waals surface area contributed by atoms with Crippen LogP contribution in [0.3, 0.4) is 0 Å². The fraction of sp³-hybridized carbons (Fsp3) is 0. The number of aromatic nitrogens is 12. The fourth-order valence-corrected chi connectivity index (χ4v) is 25.5. The van der Waals surface area contributed by atoms with E-state index in [1.807, 2.05) is 119 Å². The van der Waals surface area contributed by atoms with E-state index in [0.29, 0.717) is 23.4 Å². The van der Waals surface area contributed by atoms with Gasteiger partial charge in [-0.25, -0.2) is 29.9 Å². The van der Waals surface area contributed by atoms with Crippen molar-refractivity contribution in [2.24, 2.45) is 0 Å². The van der Waals surface area contributed by atoms with E-state index in [4.69, 9.17) is 34.9 Å². The van der Waals surface area contributed by atoms with Crippen LogP contribution in [0.25, 0.3) is 278 Å². The Labute approximate surface area is 848 Å². The van der Waals surface area contributed by atoms with E-state index in [1.54, 1.807) is 0 Å². The van der Waals surface area contributed by atoms with Crippen molar-refractivity contribution in [2.75, 3.05) is 0 Å². The van der Waals surface area contributed by atoms with Gasteiger partial charge in [0.2, 0.25) is 5.95 Å². The Bertz CT molecular complexity index is 9990. The Morgan fingerprint density at radius 2 is 0.397 bits per heavy atom. The summed E-state index contributed by atoms with van der Waals surface area (Å²) in [6.45, 7) is 0. The third-order valence-electron chi connectivity index (χ3n) is 28.5. The van der Waals surface area contributed by atoms with Gasteiger partial charge in [-0.1, -0.05) is 334 Å². The summed E-state index contributed by atoms with van der Waals surface area (Å²) >= 11 is 5.56. The lowest BCUT2D eigenvalue weighted by Gasteiger charge is -2.14. The van der Waals surface area contributed by atoms with Gasteiger partial charge in [-0.3, -0.25) is 9.13 Å². The van der Waals surface area contributed by atoms with Crippen molar-refractivity contribution in [1.82, 2.24) is 57.7 Å². The van der Waals surface area contributed by atoms with Gasteiger partial charge in [0.15, 0.2) is 23.3 Å². The lowest BCUT2D eigenvalue weighted by molar-refractivity contribution is 0.952. The molecule has 0 atom stereocenters. The monoisotopic (exact) mass is 1920 g/mol. The molecule has 0 unspecified atom stereocenters. The SMILES string of the molecule is c1ccc(-c2cc(-c3ccc4c(c3)c3ccccc3n4-c3cccc4sc5ccccc5c34)nc(-c3ccccc3)n2)cc1.c1ccc(-c2nc(-c3ccccc3)nc(-c3ccc4c(c3)c3ccccc3n4-c3cccc4sc5ccccc5c34)n2)cc1.c1ccc2c(c1)sc1cccc(-n3c4ccccc4c4cc(-c5cc(-n6c7ccccc7c7ccccc76)nc(-n6c7ccccc7c7ccccc76)n5)ccc43)c12. The van der Waals surface area contributed by atoms with Crippen LogP contribution in [-0.4, -0.2) is 57.7 Å². The van der Waals surface area contributed by atoms with Gasteiger partial charge in [-0.2, -0.15) is 4.98 Å². The summed E-state index contributed by atoms with van der Waals surface area (Å²) in [7, 11) is 0. The zero-order chi connectivity index (χ0) is 96.0. The lowest BCUT2D eigenvalue weighted by atomic mass is 10.0. The maximum atomic E-state index is 5.47. The van der Waals surface area contributed by atoms with Gasteiger partial charge in [0.25, 0.3) is 0 Å². The average molecular weight is 1920 g/mol. The number of fused-ring (bicyclic) bond motifs is 24. The van der Waals surface area contributed by atoms with Crippen molar-refractivity contribution in [3.63, 3.8) is 0 Å². The van der Waals surface area contributed by atoms with Crippen LogP contribution in [0.4, 0.5) is 0 Å². The summed E-state index contributed by atoms with van der Waals surface area (Å²) in [6, 6.07) is 172. The quantitative estimate of drug-likeness (QED) is 0.120. The molecule has 12 nitrogen and oxygen atoms in total. The second-order valence-electron chi connectivity index (χ2n) is 36.9. The first-order valence-corrected chi connectivity index (χ1v) is 51.4. The van der Waals surface area contributed by atoms with Crippen LogP contribution in [0.1, 0.15) is 0 Å². The van der Waals surface area contributed by atoms with Crippen LogP contribution in [0.15, 0.2) is 485 Å². The molecular formula is C131H80N12S3. The van der Waals surface area contributed by atoms with Gasteiger partial charge in [-0.15, -0.1) is 34.0 Å². The molecule has 0 fully saturated rings. The van der Waals surface area contributed by atoms with Crippen molar-refractivity contribution >= 4 is 204 Å². The maximum absolute atomic E-state index is 5.47. The summed E-state index contributed by atoms with van der Waals surface area (Å²) in [5.74, 6) is 4.15. The molecule has 0 saturated heterocycles. The van der Waals surface area contributed by atoms with Crippen LogP contribution in [0.2, 0.25) is 0 Å². The van der Waals surface area contributed by atoms with E-state index in [2.05, 4.69) is 423 Å². The molecule has 0 amide bonds. The highest BCUT2D eigenvalue weighted by molar-refractivity contribution is 7.26. The highest BCUT2D eigenvalue weighted by atomic mass is 32.1. The molecule has 20 aromatic carbocycles. The molecule has 15 heteroatoms. The van der Waals surface area contributed by atoms with E-state index in [1.165, 1.54) is 148 Å². The van der Waals surface area contributed by atoms with Gasteiger partial charge >= 0.3 is 0 Å². The average Bonchev–Trinajstić information content (AvgIpc) is 1.59. The molecule has 11 aromatic heterocycles. The molecule has 0 aliphatic heterocycles. The Morgan fingerprint density at radius 1 is 0.144 bits per heavy atom. The zero-order valence-corrected chi connectivity index (χ0v) is 80.7. The predicted octanol–water partition coefficient (Wildman–Crippen LogP) is 35.1. The third-order valence-corrected chi connectivity index (χ3v) is 32.0. The van der Waals surface area contributed by atoms with Crippen molar-refractivity contribution < 1.29 is 0 Å². The Morgan fingerprint density at radius 3 is 0.760 bits per heavy atom. The van der Waals surface area contributed by atoms with E-state index in [0.717, 1.165) is 106 Å². The third kappa shape index (κ3) is 13.9. The van der Waals surface area contributed by atoms with Gasteiger partial charge < -0.3 is 13.7 Å². The minimum absolute atomic E-state index is 0.630. The molecule has 682 valence electrons. The number of rotatable bonds is 12. The van der Waals surface area contributed by atoms with Crippen LogP contribution < -0.4 is 0 Å². The first-order chi connectivity index (χ1) is 72.4. The van der Waals surface area contributed by atoms with Crippen molar-refractivity contribution in [2.45, 2.75) is 0 Å². The molecule has 0 spiro atoms.